The van der Waals surface area contributed by atoms with Gasteiger partial charge in [0, 0.05) is 13.1 Å². The Kier molecular flexibility index (Phi) is 4.13. The van der Waals surface area contributed by atoms with Crippen LogP contribution in [0.4, 0.5) is 20.2 Å². The molecule has 1 amide bonds. The zero-order valence-electron chi connectivity index (χ0n) is 11.4. The van der Waals surface area contributed by atoms with Crippen molar-refractivity contribution in [2.75, 3.05) is 11.1 Å². The number of hydrogen-bond donors (Lipinski definition) is 2. The van der Waals surface area contributed by atoms with Gasteiger partial charge < -0.3 is 11.1 Å². The summed E-state index contributed by atoms with van der Waals surface area (Å²) in [6.45, 7) is 1.84. The molecule has 2 rings (SSSR count). The predicted octanol–water partition coefficient (Wildman–Crippen LogP) is 2.75. The smallest absolute Gasteiger partial charge is 0.276 e. The molecule has 0 aliphatic heterocycles. The molecule has 3 N–H and O–H groups in total. The van der Waals surface area contributed by atoms with E-state index < -0.39 is 17.5 Å². The van der Waals surface area contributed by atoms with Gasteiger partial charge in [-0.15, -0.1) is 0 Å². The minimum atomic E-state index is -0.968. The average molecular weight is 315 g/mol. The van der Waals surface area contributed by atoms with E-state index in [1.54, 1.807) is 7.05 Å². The van der Waals surface area contributed by atoms with E-state index in [0.29, 0.717) is 18.2 Å². The first-order chi connectivity index (χ1) is 9.85. The molecule has 0 saturated heterocycles. The largest absolute Gasteiger partial charge is 0.395 e. The minimum Gasteiger partial charge on any atom is -0.395 e. The van der Waals surface area contributed by atoms with Crippen LogP contribution in [0.2, 0.25) is 5.02 Å². The highest BCUT2D eigenvalue weighted by Crippen LogP contribution is 2.27. The van der Waals surface area contributed by atoms with Gasteiger partial charge in [-0.25, -0.2) is 8.78 Å². The highest BCUT2D eigenvalue weighted by Gasteiger charge is 2.21. The molecule has 0 aliphatic carbocycles. The number of nitrogens with zero attached hydrogens (tertiary/aromatic N) is 2. The molecule has 0 aliphatic rings. The van der Waals surface area contributed by atoms with Crippen molar-refractivity contribution in [2.45, 2.75) is 13.3 Å². The molecule has 0 saturated carbocycles. The lowest BCUT2D eigenvalue weighted by atomic mass is 10.2. The molecule has 0 bridgehead atoms. The van der Waals surface area contributed by atoms with Crippen LogP contribution in [0.25, 0.3) is 0 Å². The molecule has 8 heteroatoms. The van der Waals surface area contributed by atoms with Gasteiger partial charge >= 0.3 is 0 Å². The average Bonchev–Trinajstić information content (AvgIpc) is 2.68. The Hall–Kier alpha value is -2.15. The van der Waals surface area contributed by atoms with Crippen LogP contribution in [0.5, 0.6) is 0 Å². The normalized spacial score (nSPS) is 10.7. The summed E-state index contributed by atoms with van der Waals surface area (Å²) in [7, 11) is 1.55. The number of aromatic nitrogens is 2. The second-order valence-corrected chi connectivity index (χ2v) is 4.79. The fourth-order valence-corrected chi connectivity index (χ4v) is 2.20. The zero-order chi connectivity index (χ0) is 15.7. The Morgan fingerprint density at radius 2 is 2.14 bits per heavy atom. The number of aryl methyl sites for hydroxylation is 2. The van der Waals surface area contributed by atoms with E-state index in [9.17, 15) is 13.6 Å². The standard InChI is InChI=1S/C13H13ClF2N4O/c1-3-9-10(17)12(20(2)19-9)13(21)18-11-7(14)4-6(15)5-8(11)16/h4-5H,3,17H2,1-2H3,(H,18,21). The third-order valence-corrected chi connectivity index (χ3v) is 3.25. The maximum Gasteiger partial charge on any atom is 0.276 e. The summed E-state index contributed by atoms with van der Waals surface area (Å²) in [5.41, 5.74) is 6.41. The summed E-state index contributed by atoms with van der Waals surface area (Å²) in [6.07, 6.45) is 0.554. The van der Waals surface area contributed by atoms with Crippen molar-refractivity contribution in [1.82, 2.24) is 9.78 Å². The molecule has 0 spiro atoms. The van der Waals surface area contributed by atoms with Crippen LogP contribution in [0.3, 0.4) is 0 Å². The number of anilines is 2. The third kappa shape index (κ3) is 2.82. The molecule has 1 heterocycles. The van der Waals surface area contributed by atoms with Crippen LogP contribution < -0.4 is 11.1 Å². The van der Waals surface area contributed by atoms with Crippen LogP contribution in [0.15, 0.2) is 12.1 Å². The highest BCUT2D eigenvalue weighted by atomic mass is 35.5. The van der Waals surface area contributed by atoms with Gasteiger partial charge in [-0.1, -0.05) is 18.5 Å². The highest BCUT2D eigenvalue weighted by molar-refractivity contribution is 6.34. The molecule has 0 atom stereocenters. The molecular weight excluding hydrogens is 302 g/mol. The van der Waals surface area contributed by atoms with E-state index >= 15 is 0 Å². The molecule has 0 fully saturated rings. The van der Waals surface area contributed by atoms with Crippen molar-refractivity contribution < 1.29 is 13.6 Å². The lowest BCUT2D eigenvalue weighted by Gasteiger charge is -2.09. The summed E-state index contributed by atoms with van der Waals surface area (Å²) in [5.74, 6) is -2.47. The topological polar surface area (TPSA) is 72.9 Å². The van der Waals surface area contributed by atoms with Crippen molar-refractivity contribution in [3.8, 4) is 0 Å². The van der Waals surface area contributed by atoms with Crippen LogP contribution in [-0.4, -0.2) is 15.7 Å². The number of benzene rings is 1. The SMILES string of the molecule is CCc1nn(C)c(C(=O)Nc2c(F)cc(F)cc2Cl)c1N. The summed E-state index contributed by atoms with van der Waals surface area (Å²) in [4.78, 5) is 12.2. The molecular formula is C13H13ClF2N4O. The van der Waals surface area contributed by atoms with E-state index in [1.807, 2.05) is 6.92 Å². The van der Waals surface area contributed by atoms with Crippen LogP contribution >= 0.6 is 11.6 Å². The predicted molar refractivity (Wildman–Crippen MR) is 76.3 cm³/mol. The van der Waals surface area contributed by atoms with Crippen molar-refractivity contribution in [3.63, 3.8) is 0 Å². The zero-order valence-corrected chi connectivity index (χ0v) is 12.1. The first-order valence-electron chi connectivity index (χ1n) is 6.12. The monoisotopic (exact) mass is 314 g/mol. The number of nitrogen functional groups attached to an aromatic ring is 1. The molecule has 112 valence electrons. The Bertz CT molecular complexity index is 691. The summed E-state index contributed by atoms with van der Waals surface area (Å²) >= 11 is 5.73. The fraction of sp³-hybridized carbons (Fsp3) is 0.231. The number of carbonyl (C=O) groups is 1. The lowest BCUT2D eigenvalue weighted by Crippen LogP contribution is -2.18. The summed E-state index contributed by atoms with van der Waals surface area (Å²) in [6, 6.07) is 1.54. The minimum absolute atomic E-state index is 0.0895. The number of rotatable bonds is 3. The quantitative estimate of drug-likeness (QED) is 0.915. The van der Waals surface area contributed by atoms with Gasteiger partial charge in [0.05, 0.1) is 22.1 Å². The van der Waals surface area contributed by atoms with Gasteiger partial charge in [0.25, 0.3) is 5.91 Å². The van der Waals surface area contributed by atoms with Gasteiger partial charge in [0.15, 0.2) is 5.82 Å². The van der Waals surface area contributed by atoms with Crippen LogP contribution in [0.1, 0.15) is 23.1 Å². The van der Waals surface area contributed by atoms with Gasteiger partial charge in [0.2, 0.25) is 0 Å². The molecule has 2 aromatic rings. The Balaban J connectivity index is 2.37. The van der Waals surface area contributed by atoms with Gasteiger partial charge in [0.1, 0.15) is 11.5 Å². The molecule has 1 aromatic carbocycles. The van der Waals surface area contributed by atoms with Crippen molar-refractivity contribution in [2.24, 2.45) is 7.05 Å². The molecule has 5 nitrogen and oxygen atoms in total. The maximum absolute atomic E-state index is 13.7. The molecule has 21 heavy (non-hydrogen) atoms. The maximum atomic E-state index is 13.7. The molecule has 0 unspecified atom stereocenters. The number of hydrogen-bond acceptors (Lipinski definition) is 3. The Morgan fingerprint density at radius 3 is 2.67 bits per heavy atom. The first-order valence-corrected chi connectivity index (χ1v) is 6.50. The van der Waals surface area contributed by atoms with E-state index in [0.717, 1.165) is 6.07 Å². The van der Waals surface area contributed by atoms with Crippen molar-refractivity contribution in [1.29, 1.82) is 0 Å². The van der Waals surface area contributed by atoms with Crippen LogP contribution in [-0.2, 0) is 13.5 Å². The Morgan fingerprint density at radius 1 is 1.48 bits per heavy atom. The Labute approximate surface area is 124 Å². The van der Waals surface area contributed by atoms with Gasteiger partial charge in [-0.05, 0) is 12.5 Å². The third-order valence-electron chi connectivity index (χ3n) is 2.96. The lowest BCUT2D eigenvalue weighted by molar-refractivity contribution is 0.101. The van der Waals surface area contributed by atoms with E-state index in [4.69, 9.17) is 17.3 Å². The first kappa shape index (κ1) is 15.2. The number of nitrogens with two attached hydrogens (primary N) is 1. The van der Waals surface area contributed by atoms with Crippen molar-refractivity contribution in [3.05, 3.63) is 40.2 Å². The fourth-order valence-electron chi connectivity index (χ4n) is 1.96. The number of amides is 1. The van der Waals surface area contributed by atoms with E-state index in [2.05, 4.69) is 10.4 Å². The van der Waals surface area contributed by atoms with Crippen LogP contribution in [0, 0.1) is 11.6 Å². The summed E-state index contributed by atoms with van der Waals surface area (Å²) < 4.78 is 27.9. The molecule has 1 aromatic heterocycles. The number of halogens is 3. The van der Waals surface area contributed by atoms with E-state index in [1.165, 1.54) is 4.68 Å². The van der Waals surface area contributed by atoms with Gasteiger partial charge in [-0.2, -0.15) is 5.10 Å². The van der Waals surface area contributed by atoms with Gasteiger partial charge in [-0.3, -0.25) is 9.48 Å². The summed E-state index contributed by atoms with van der Waals surface area (Å²) in [5, 5.41) is 6.14. The van der Waals surface area contributed by atoms with Crippen molar-refractivity contribution >= 4 is 28.9 Å². The van der Waals surface area contributed by atoms with E-state index in [-0.39, 0.29) is 22.1 Å². The molecule has 0 radical (unpaired) electrons. The second-order valence-electron chi connectivity index (χ2n) is 4.38. The number of carbonyl (C=O) groups excluding carboxylic acids is 1. The number of nitrogens with one attached hydrogen (secondary N) is 1. The second kappa shape index (κ2) is 5.69.